The summed E-state index contributed by atoms with van der Waals surface area (Å²) in [6, 6.07) is 6.66. The van der Waals surface area contributed by atoms with Crippen LogP contribution in [0.1, 0.15) is 6.42 Å². The fraction of sp³-hybridized carbons (Fsp3) is 0.385. The van der Waals surface area contributed by atoms with E-state index < -0.39 is 11.4 Å². The number of carbonyl (C=O) groups is 2. The summed E-state index contributed by atoms with van der Waals surface area (Å²) in [5, 5.41) is 2.71. The molecule has 1 unspecified atom stereocenters. The Morgan fingerprint density at radius 3 is 2.90 bits per heavy atom. The normalized spacial score (nSPS) is 21.4. The molecule has 1 fully saturated rings. The lowest BCUT2D eigenvalue weighted by molar-refractivity contribution is -0.121. The Morgan fingerprint density at radius 1 is 1.45 bits per heavy atom. The summed E-state index contributed by atoms with van der Waals surface area (Å²) in [6.07, 6.45) is 0.483. The van der Waals surface area contributed by atoms with Crippen molar-refractivity contribution in [2.24, 2.45) is 11.5 Å². The monoisotopic (exact) mass is 279 g/mol. The van der Waals surface area contributed by atoms with Gasteiger partial charge in [-0.1, -0.05) is 6.07 Å². The average molecular weight is 279 g/mol. The standard InChI is InChI=1S/C13H17N3O4/c14-11(17)7-20-10-3-1-2-9(6-10)16-12(18)13(15)4-5-19-8-13/h1-3,6H,4-5,7-8,15H2,(H2,14,17)(H,16,18). The Balaban J connectivity index is 2.00. The molecular formula is C13H17N3O4. The molecule has 2 amide bonds. The maximum atomic E-state index is 12.1. The topological polar surface area (TPSA) is 117 Å². The minimum Gasteiger partial charge on any atom is -0.484 e. The van der Waals surface area contributed by atoms with Gasteiger partial charge in [-0.25, -0.2) is 0 Å². The Bertz CT molecular complexity index is 512. The van der Waals surface area contributed by atoms with Gasteiger partial charge in [0.15, 0.2) is 6.61 Å². The van der Waals surface area contributed by atoms with Crippen LogP contribution in [0.4, 0.5) is 5.69 Å². The highest BCUT2D eigenvalue weighted by Gasteiger charge is 2.38. The molecule has 1 aromatic rings. The van der Waals surface area contributed by atoms with Gasteiger partial charge in [-0.3, -0.25) is 9.59 Å². The third-order valence-electron chi connectivity index (χ3n) is 2.98. The van der Waals surface area contributed by atoms with E-state index in [2.05, 4.69) is 5.32 Å². The van der Waals surface area contributed by atoms with E-state index in [4.69, 9.17) is 20.9 Å². The fourth-order valence-electron chi connectivity index (χ4n) is 1.83. The maximum Gasteiger partial charge on any atom is 0.255 e. The fourth-order valence-corrected chi connectivity index (χ4v) is 1.83. The molecule has 2 rings (SSSR count). The number of hydrogen-bond acceptors (Lipinski definition) is 5. The van der Waals surface area contributed by atoms with Crippen LogP contribution in [0.25, 0.3) is 0 Å². The van der Waals surface area contributed by atoms with E-state index in [-0.39, 0.29) is 19.1 Å². The molecule has 108 valence electrons. The van der Waals surface area contributed by atoms with Crippen LogP contribution in [0.3, 0.4) is 0 Å². The summed E-state index contributed by atoms with van der Waals surface area (Å²) in [6.45, 7) is 0.467. The molecule has 1 aliphatic rings. The number of primary amides is 1. The molecule has 7 heteroatoms. The smallest absolute Gasteiger partial charge is 0.255 e. The molecule has 1 saturated heterocycles. The van der Waals surface area contributed by atoms with Gasteiger partial charge in [0.25, 0.3) is 5.91 Å². The molecule has 0 saturated carbocycles. The lowest BCUT2D eigenvalue weighted by atomic mass is 9.99. The molecule has 0 bridgehead atoms. The molecule has 0 aromatic heterocycles. The van der Waals surface area contributed by atoms with Gasteiger partial charge in [-0.15, -0.1) is 0 Å². The van der Waals surface area contributed by atoms with Crippen LogP contribution in [0, 0.1) is 0 Å². The maximum absolute atomic E-state index is 12.1. The molecule has 1 atom stereocenters. The average Bonchev–Trinajstić information content (AvgIpc) is 2.85. The number of rotatable bonds is 5. The minimum absolute atomic E-state index is 0.205. The summed E-state index contributed by atoms with van der Waals surface area (Å²) in [7, 11) is 0. The van der Waals surface area contributed by atoms with Gasteiger partial charge < -0.3 is 26.3 Å². The predicted molar refractivity (Wildman–Crippen MR) is 72.1 cm³/mol. The van der Waals surface area contributed by atoms with E-state index in [1.54, 1.807) is 24.3 Å². The van der Waals surface area contributed by atoms with Crippen molar-refractivity contribution in [3.8, 4) is 5.75 Å². The van der Waals surface area contributed by atoms with Gasteiger partial charge >= 0.3 is 0 Å². The summed E-state index contributed by atoms with van der Waals surface area (Å²) in [4.78, 5) is 22.7. The SMILES string of the molecule is NC(=O)COc1cccc(NC(=O)C2(N)CCOC2)c1. The zero-order valence-corrected chi connectivity index (χ0v) is 10.9. The third-order valence-corrected chi connectivity index (χ3v) is 2.98. The number of benzene rings is 1. The Morgan fingerprint density at radius 2 is 2.25 bits per heavy atom. The molecule has 0 aliphatic carbocycles. The van der Waals surface area contributed by atoms with E-state index in [0.717, 1.165) is 0 Å². The molecule has 0 radical (unpaired) electrons. The van der Waals surface area contributed by atoms with Crippen molar-refractivity contribution in [3.05, 3.63) is 24.3 Å². The second-order valence-electron chi connectivity index (χ2n) is 4.70. The number of anilines is 1. The van der Waals surface area contributed by atoms with Crippen LogP contribution >= 0.6 is 0 Å². The molecule has 7 nitrogen and oxygen atoms in total. The van der Waals surface area contributed by atoms with E-state index in [9.17, 15) is 9.59 Å². The Labute approximate surface area is 116 Å². The highest BCUT2D eigenvalue weighted by molar-refractivity contribution is 5.98. The quantitative estimate of drug-likeness (QED) is 0.678. The second-order valence-corrected chi connectivity index (χ2v) is 4.70. The summed E-state index contributed by atoms with van der Waals surface area (Å²) >= 11 is 0. The number of nitrogens with one attached hydrogen (secondary N) is 1. The van der Waals surface area contributed by atoms with Crippen molar-refractivity contribution in [3.63, 3.8) is 0 Å². The van der Waals surface area contributed by atoms with Crippen LogP contribution in [0.15, 0.2) is 24.3 Å². The van der Waals surface area contributed by atoms with Crippen LogP contribution in [-0.4, -0.2) is 37.2 Å². The van der Waals surface area contributed by atoms with Crippen molar-refractivity contribution in [2.45, 2.75) is 12.0 Å². The summed E-state index contributed by atoms with van der Waals surface area (Å²) < 4.78 is 10.3. The number of amides is 2. The minimum atomic E-state index is -0.996. The van der Waals surface area contributed by atoms with Crippen molar-refractivity contribution in [1.82, 2.24) is 0 Å². The van der Waals surface area contributed by atoms with E-state index in [0.29, 0.717) is 24.5 Å². The van der Waals surface area contributed by atoms with Gasteiger partial charge in [0, 0.05) is 18.4 Å². The molecule has 20 heavy (non-hydrogen) atoms. The van der Waals surface area contributed by atoms with Crippen LogP contribution in [0.5, 0.6) is 5.75 Å². The highest BCUT2D eigenvalue weighted by Crippen LogP contribution is 2.21. The zero-order valence-electron chi connectivity index (χ0n) is 10.9. The predicted octanol–water partition coefficient (Wildman–Crippen LogP) is -0.393. The second kappa shape index (κ2) is 5.89. The van der Waals surface area contributed by atoms with Crippen molar-refractivity contribution in [2.75, 3.05) is 25.1 Å². The van der Waals surface area contributed by atoms with Gasteiger partial charge in [-0.2, -0.15) is 0 Å². The van der Waals surface area contributed by atoms with Crippen LogP contribution in [0.2, 0.25) is 0 Å². The molecule has 5 N–H and O–H groups in total. The van der Waals surface area contributed by atoms with Gasteiger partial charge in [0.1, 0.15) is 11.3 Å². The number of carbonyl (C=O) groups excluding carboxylic acids is 2. The summed E-state index contributed by atoms with van der Waals surface area (Å²) in [5.41, 5.74) is 10.5. The molecule has 1 heterocycles. The van der Waals surface area contributed by atoms with Crippen molar-refractivity contribution < 1.29 is 19.1 Å². The molecule has 0 spiro atoms. The van der Waals surface area contributed by atoms with Gasteiger partial charge in [0.2, 0.25) is 5.91 Å². The molecular weight excluding hydrogens is 262 g/mol. The zero-order chi connectivity index (χ0) is 14.6. The van der Waals surface area contributed by atoms with Gasteiger partial charge in [0.05, 0.1) is 6.61 Å². The van der Waals surface area contributed by atoms with E-state index in [1.165, 1.54) is 0 Å². The lowest BCUT2D eigenvalue weighted by Crippen LogP contribution is -2.51. The first-order valence-electron chi connectivity index (χ1n) is 6.19. The van der Waals surface area contributed by atoms with Gasteiger partial charge in [-0.05, 0) is 18.6 Å². The van der Waals surface area contributed by atoms with Crippen molar-refractivity contribution >= 4 is 17.5 Å². The summed E-state index contributed by atoms with van der Waals surface area (Å²) in [5.74, 6) is -0.430. The van der Waals surface area contributed by atoms with Crippen LogP contribution in [-0.2, 0) is 14.3 Å². The lowest BCUT2D eigenvalue weighted by Gasteiger charge is -2.20. The third kappa shape index (κ3) is 3.46. The number of hydrogen-bond donors (Lipinski definition) is 3. The largest absolute Gasteiger partial charge is 0.484 e. The number of nitrogens with two attached hydrogens (primary N) is 2. The molecule has 1 aliphatic heterocycles. The highest BCUT2D eigenvalue weighted by atomic mass is 16.5. The number of ether oxygens (including phenoxy) is 2. The van der Waals surface area contributed by atoms with Crippen molar-refractivity contribution in [1.29, 1.82) is 0 Å². The Kier molecular flexibility index (Phi) is 4.21. The van der Waals surface area contributed by atoms with Crippen LogP contribution < -0.4 is 21.5 Å². The molecule has 1 aromatic carbocycles. The first-order valence-corrected chi connectivity index (χ1v) is 6.19. The van der Waals surface area contributed by atoms with E-state index in [1.807, 2.05) is 0 Å². The first-order chi connectivity index (χ1) is 9.49. The first kappa shape index (κ1) is 14.3. The Hall–Kier alpha value is -2.12. The van der Waals surface area contributed by atoms with E-state index >= 15 is 0 Å².